The molecule has 0 saturated carbocycles. The number of aliphatic hydroxyl groups is 1. The molecule has 0 saturated heterocycles. The third-order valence-electron chi connectivity index (χ3n) is 2.28. The largest absolute Gasteiger partial charge is 0.481 e. The molecule has 1 atom stereocenters. The second-order valence-electron chi connectivity index (χ2n) is 5.28. The van der Waals surface area contributed by atoms with Crippen molar-refractivity contribution in [3.05, 3.63) is 0 Å². The molecule has 0 amide bonds. The summed E-state index contributed by atoms with van der Waals surface area (Å²) in [5.74, 6) is -1.01. The Morgan fingerprint density at radius 1 is 1.36 bits per heavy atom. The third-order valence-corrected chi connectivity index (χ3v) is 2.28. The molecule has 4 nitrogen and oxygen atoms in total. The van der Waals surface area contributed by atoms with Crippen molar-refractivity contribution in [3.8, 4) is 0 Å². The van der Waals surface area contributed by atoms with E-state index in [1.165, 1.54) is 0 Å². The van der Waals surface area contributed by atoms with E-state index in [4.69, 9.17) is 5.11 Å². The zero-order valence-corrected chi connectivity index (χ0v) is 9.74. The highest BCUT2D eigenvalue weighted by Gasteiger charge is 2.38. The van der Waals surface area contributed by atoms with Gasteiger partial charge in [-0.25, -0.2) is 0 Å². The molecule has 0 aromatic carbocycles. The van der Waals surface area contributed by atoms with Gasteiger partial charge in [-0.15, -0.1) is 0 Å². The molecule has 2 N–H and O–H groups in total. The minimum absolute atomic E-state index is 0.0593. The summed E-state index contributed by atoms with van der Waals surface area (Å²) in [5.41, 5.74) is -1.12. The van der Waals surface area contributed by atoms with Gasteiger partial charge in [0.25, 0.3) is 0 Å². The Balaban J connectivity index is 4.64. The lowest BCUT2D eigenvalue weighted by molar-refractivity contribution is -0.877. The summed E-state index contributed by atoms with van der Waals surface area (Å²) in [6, 6.07) is 0. The molecule has 0 fully saturated rings. The number of quaternary nitrogens is 1. The summed E-state index contributed by atoms with van der Waals surface area (Å²) in [7, 11) is 5.82. The molecule has 0 unspecified atom stereocenters. The van der Waals surface area contributed by atoms with Crippen molar-refractivity contribution < 1.29 is 19.5 Å². The van der Waals surface area contributed by atoms with Crippen LogP contribution in [0.5, 0.6) is 0 Å². The number of likely N-dealkylation sites (N-methyl/N-ethyl adjacent to an activating group) is 1. The predicted molar refractivity (Wildman–Crippen MR) is 54.9 cm³/mol. The summed E-state index contributed by atoms with van der Waals surface area (Å²) in [6.45, 7) is 4.13. The van der Waals surface area contributed by atoms with Crippen LogP contribution in [0.2, 0.25) is 0 Å². The average molecular weight is 204 g/mol. The van der Waals surface area contributed by atoms with Crippen LogP contribution in [0.3, 0.4) is 0 Å². The Hall–Kier alpha value is -0.610. The fourth-order valence-corrected chi connectivity index (χ4v) is 1.53. The van der Waals surface area contributed by atoms with Gasteiger partial charge in [0.1, 0.15) is 12.1 Å². The molecular weight excluding hydrogens is 182 g/mol. The Morgan fingerprint density at radius 3 is 2.00 bits per heavy atom. The number of carboxylic acid groups (broad SMARTS) is 1. The van der Waals surface area contributed by atoms with Gasteiger partial charge in [-0.05, 0) is 5.92 Å². The monoisotopic (exact) mass is 204 g/mol. The molecule has 0 aromatic rings. The van der Waals surface area contributed by atoms with E-state index in [0.717, 1.165) is 0 Å². The summed E-state index contributed by atoms with van der Waals surface area (Å²) < 4.78 is 0.558. The van der Waals surface area contributed by atoms with E-state index in [2.05, 4.69) is 0 Å². The van der Waals surface area contributed by atoms with Crippen LogP contribution in [0.25, 0.3) is 0 Å². The zero-order chi connectivity index (χ0) is 11.6. The molecular formula is C10H22NO3+. The van der Waals surface area contributed by atoms with Gasteiger partial charge < -0.3 is 14.7 Å². The van der Waals surface area contributed by atoms with Gasteiger partial charge in [-0.3, -0.25) is 4.79 Å². The maximum absolute atomic E-state index is 10.6. The lowest BCUT2D eigenvalue weighted by atomic mass is 9.86. The Morgan fingerprint density at radius 2 is 1.79 bits per heavy atom. The molecule has 0 bridgehead atoms. The van der Waals surface area contributed by atoms with E-state index in [-0.39, 0.29) is 12.3 Å². The number of carboxylic acids is 1. The van der Waals surface area contributed by atoms with E-state index in [0.29, 0.717) is 11.0 Å². The summed E-state index contributed by atoms with van der Waals surface area (Å²) >= 11 is 0. The molecule has 0 spiro atoms. The molecule has 14 heavy (non-hydrogen) atoms. The summed E-state index contributed by atoms with van der Waals surface area (Å²) in [5, 5.41) is 18.9. The first-order chi connectivity index (χ1) is 6.07. The lowest BCUT2D eigenvalue weighted by Gasteiger charge is -2.37. The van der Waals surface area contributed by atoms with Gasteiger partial charge in [-0.2, -0.15) is 0 Å². The normalized spacial score (nSPS) is 16.8. The maximum Gasteiger partial charge on any atom is 0.306 e. The van der Waals surface area contributed by atoms with Crippen LogP contribution in [0.1, 0.15) is 20.3 Å². The smallest absolute Gasteiger partial charge is 0.306 e. The Labute approximate surface area is 85.7 Å². The zero-order valence-electron chi connectivity index (χ0n) is 9.74. The topological polar surface area (TPSA) is 57.5 Å². The third kappa shape index (κ3) is 4.58. The second-order valence-corrected chi connectivity index (χ2v) is 5.28. The summed E-state index contributed by atoms with van der Waals surface area (Å²) in [6.07, 6.45) is -0.194. The molecule has 0 rings (SSSR count). The highest BCUT2D eigenvalue weighted by atomic mass is 16.4. The highest BCUT2D eigenvalue weighted by molar-refractivity contribution is 5.68. The van der Waals surface area contributed by atoms with Crippen LogP contribution < -0.4 is 0 Å². The van der Waals surface area contributed by atoms with Crippen LogP contribution in [0.15, 0.2) is 0 Å². The van der Waals surface area contributed by atoms with Crippen LogP contribution in [-0.2, 0) is 4.79 Å². The second kappa shape index (κ2) is 4.28. The van der Waals surface area contributed by atoms with E-state index in [9.17, 15) is 9.90 Å². The molecule has 0 aromatic heterocycles. The first-order valence-electron chi connectivity index (χ1n) is 4.81. The molecule has 4 heteroatoms. The van der Waals surface area contributed by atoms with E-state index < -0.39 is 11.6 Å². The highest BCUT2D eigenvalue weighted by Crippen LogP contribution is 2.23. The number of hydrogen-bond acceptors (Lipinski definition) is 2. The maximum atomic E-state index is 10.6. The first-order valence-corrected chi connectivity index (χ1v) is 4.81. The van der Waals surface area contributed by atoms with Gasteiger partial charge in [0, 0.05) is 0 Å². The number of rotatable bonds is 5. The van der Waals surface area contributed by atoms with Gasteiger partial charge >= 0.3 is 5.97 Å². The SMILES string of the molecule is CC(C)[C@@](O)(CC(=O)O)C[N+](C)(C)C. The molecule has 0 aliphatic carbocycles. The van der Waals surface area contributed by atoms with Crippen molar-refractivity contribution in [1.29, 1.82) is 0 Å². The minimum atomic E-state index is -1.12. The first kappa shape index (κ1) is 13.4. The minimum Gasteiger partial charge on any atom is -0.481 e. The summed E-state index contributed by atoms with van der Waals surface area (Å²) in [4.78, 5) is 10.6. The van der Waals surface area contributed by atoms with Gasteiger partial charge in [0.05, 0.1) is 27.6 Å². The lowest BCUT2D eigenvalue weighted by Crippen LogP contribution is -2.53. The average Bonchev–Trinajstić information content (AvgIpc) is 1.79. The van der Waals surface area contributed by atoms with Crippen LogP contribution in [-0.4, -0.2) is 54.0 Å². The fraction of sp³-hybridized carbons (Fsp3) is 0.900. The predicted octanol–water partition coefficient (Wildman–Crippen LogP) is 0.554. The van der Waals surface area contributed by atoms with E-state index >= 15 is 0 Å². The van der Waals surface area contributed by atoms with Crippen LogP contribution in [0.4, 0.5) is 0 Å². The molecule has 0 radical (unpaired) electrons. The standard InChI is InChI=1S/C10H21NO3/c1-8(2)10(14,6-9(12)13)7-11(3,4)5/h8,14H,6-7H2,1-5H3/p+1/t10-/m1/s1. The molecule has 0 aliphatic heterocycles. The molecule has 0 aliphatic rings. The van der Waals surface area contributed by atoms with Gasteiger partial charge in [0.15, 0.2) is 0 Å². The van der Waals surface area contributed by atoms with Crippen molar-refractivity contribution in [2.24, 2.45) is 5.92 Å². The van der Waals surface area contributed by atoms with Crippen molar-refractivity contribution in [2.75, 3.05) is 27.7 Å². The van der Waals surface area contributed by atoms with Crippen molar-refractivity contribution in [3.63, 3.8) is 0 Å². The number of aliphatic carboxylic acids is 1. The van der Waals surface area contributed by atoms with E-state index in [1.54, 1.807) is 0 Å². The van der Waals surface area contributed by atoms with Gasteiger partial charge in [-0.1, -0.05) is 13.8 Å². The Bertz CT molecular complexity index is 208. The fourth-order valence-electron chi connectivity index (χ4n) is 1.53. The van der Waals surface area contributed by atoms with Crippen molar-refractivity contribution in [1.82, 2.24) is 0 Å². The Kier molecular flexibility index (Phi) is 4.09. The molecule has 0 heterocycles. The van der Waals surface area contributed by atoms with Crippen molar-refractivity contribution >= 4 is 5.97 Å². The van der Waals surface area contributed by atoms with Crippen LogP contribution in [0, 0.1) is 5.92 Å². The quantitative estimate of drug-likeness (QED) is 0.643. The number of nitrogens with zero attached hydrogens (tertiary/aromatic N) is 1. The number of hydrogen-bond donors (Lipinski definition) is 2. The van der Waals surface area contributed by atoms with Crippen molar-refractivity contribution in [2.45, 2.75) is 25.9 Å². The van der Waals surface area contributed by atoms with Crippen LogP contribution >= 0.6 is 0 Å². The van der Waals surface area contributed by atoms with E-state index in [1.807, 2.05) is 35.0 Å². The molecule has 84 valence electrons. The number of carbonyl (C=O) groups is 1. The van der Waals surface area contributed by atoms with Gasteiger partial charge in [0.2, 0.25) is 0 Å².